The summed E-state index contributed by atoms with van der Waals surface area (Å²) in [5, 5.41) is 3.05. The number of rotatable bonds is 2. The Morgan fingerprint density at radius 1 is 1.35 bits per heavy atom. The highest BCUT2D eigenvalue weighted by molar-refractivity contribution is 5.78. The molecule has 100 valence electrons. The van der Waals surface area contributed by atoms with Gasteiger partial charge in [0.2, 0.25) is 5.92 Å². The van der Waals surface area contributed by atoms with E-state index in [0.717, 1.165) is 0 Å². The van der Waals surface area contributed by atoms with Crippen LogP contribution in [0, 0.1) is 5.92 Å². The predicted octanol–water partition coefficient (Wildman–Crippen LogP) is 2.51. The van der Waals surface area contributed by atoms with E-state index >= 15 is 0 Å². The van der Waals surface area contributed by atoms with Crippen molar-refractivity contribution in [2.45, 2.75) is 57.9 Å². The molecular weight excluding hydrogens is 224 g/mol. The monoisotopic (exact) mass is 247 g/mol. The second-order valence-electron chi connectivity index (χ2n) is 5.90. The highest BCUT2D eigenvalue weighted by atomic mass is 19.3. The van der Waals surface area contributed by atoms with Crippen molar-refractivity contribution >= 4 is 5.96 Å². The lowest BCUT2D eigenvalue weighted by Gasteiger charge is -2.27. The summed E-state index contributed by atoms with van der Waals surface area (Å²) in [7, 11) is 0. The minimum atomic E-state index is -2.46. The summed E-state index contributed by atoms with van der Waals surface area (Å²) in [4.78, 5) is 4.22. The van der Waals surface area contributed by atoms with Crippen LogP contribution in [0.25, 0.3) is 0 Å². The number of nitrogens with one attached hydrogen (secondary N) is 1. The summed E-state index contributed by atoms with van der Waals surface area (Å²) in [5.74, 6) is -1.82. The van der Waals surface area contributed by atoms with Gasteiger partial charge in [-0.2, -0.15) is 0 Å². The standard InChI is InChI=1S/C12H23F2N3/c1-11(2,3)17-10(15)16-8-9-4-6-12(13,14)7-5-9/h9H,4-8H2,1-3H3,(H3,15,16,17). The number of nitrogens with zero attached hydrogens (tertiary/aromatic N) is 1. The molecule has 0 bridgehead atoms. The number of guanidine groups is 1. The number of alkyl halides is 2. The van der Waals surface area contributed by atoms with Crippen LogP contribution in [0.15, 0.2) is 4.99 Å². The van der Waals surface area contributed by atoms with Crippen LogP contribution >= 0.6 is 0 Å². The normalized spacial score (nSPS) is 22.5. The third-order valence-electron chi connectivity index (χ3n) is 2.86. The molecule has 0 spiro atoms. The molecule has 5 heteroatoms. The van der Waals surface area contributed by atoms with Gasteiger partial charge < -0.3 is 11.1 Å². The molecular formula is C12H23F2N3. The number of hydrogen-bond acceptors (Lipinski definition) is 1. The van der Waals surface area contributed by atoms with Crippen LogP contribution in [0.1, 0.15) is 46.5 Å². The fourth-order valence-corrected chi connectivity index (χ4v) is 1.93. The zero-order valence-corrected chi connectivity index (χ0v) is 10.9. The molecule has 1 fully saturated rings. The third-order valence-corrected chi connectivity index (χ3v) is 2.86. The molecule has 0 amide bonds. The van der Waals surface area contributed by atoms with Crippen LogP contribution < -0.4 is 11.1 Å². The maximum atomic E-state index is 12.9. The van der Waals surface area contributed by atoms with Gasteiger partial charge in [-0.15, -0.1) is 0 Å². The van der Waals surface area contributed by atoms with Gasteiger partial charge in [0, 0.05) is 24.9 Å². The Balaban J connectivity index is 2.34. The summed E-state index contributed by atoms with van der Waals surface area (Å²) in [6.45, 7) is 6.54. The lowest BCUT2D eigenvalue weighted by Crippen LogP contribution is -2.45. The topological polar surface area (TPSA) is 50.4 Å². The Morgan fingerprint density at radius 3 is 2.35 bits per heavy atom. The summed E-state index contributed by atoms with van der Waals surface area (Å²) < 4.78 is 25.9. The molecule has 0 unspecified atom stereocenters. The molecule has 0 heterocycles. The number of nitrogens with two attached hydrogens (primary N) is 1. The fourth-order valence-electron chi connectivity index (χ4n) is 1.93. The van der Waals surface area contributed by atoms with E-state index in [-0.39, 0.29) is 24.3 Å². The van der Waals surface area contributed by atoms with Crippen molar-refractivity contribution in [3.63, 3.8) is 0 Å². The quantitative estimate of drug-likeness (QED) is 0.582. The van der Waals surface area contributed by atoms with Gasteiger partial charge in [0.25, 0.3) is 0 Å². The summed E-state index contributed by atoms with van der Waals surface area (Å²) >= 11 is 0. The minimum Gasteiger partial charge on any atom is -0.370 e. The van der Waals surface area contributed by atoms with Crippen molar-refractivity contribution in [3.05, 3.63) is 0 Å². The first-order chi connectivity index (χ1) is 7.68. The SMILES string of the molecule is CC(C)(C)NC(N)=NCC1CCC(F)(F)CC1. The largest absolute Gasteiger partial charge is 0.370 e. The second kappa shape index (κ2) is 5.19. The zero-order chi connectivity index (χ0) is 13.1. The Bertz CT molecular complexity index is 272. The zero-order valence-electron chi connectivity index (χ0n) is 10.9. The summed E-state index contributed by atoms with van der Waals surface area (Å²) in [6, 6.07) is 0. The molecule has 0 radical (unpaired) electrons. The van der Waals surface area contributed by atoms with E-state index in [1.165, 1.54) is 0 Å². The van der Waals surface area contributed by atoms with Gasteiger partial charge in [-0.25, -0.2) is 8.78 Å². The van der Waals surface area contributed by atoms with Gasteiger partial charge >= 0.3 is 0 Å². The fraction of sp³-hybridized carbons (Fsp3) is 0.917. The second-order valence-corrected chi connectivity index (χ2v) is 5.90. The molecule has 1 rings (SSSR count). The van der Waals surface area contributed by atoms with Gasteiger partial charge in [-0.05, 0) is 39.5 Å². The Morgan fingerprint density at radius 2 is 1.88 bits per heavy atom. The van der Waals surface area contributed by atoms with Crippen LogP contribution in [0.2, 0.25) is 0 Å². The number of hydrogen-bond donors (Lipinski definition) is 2. The van der Waals surface area contributed by atoms with Gasteiger partial charge in [-0.3, -0.25) is 4.99 Å². The molecule has 1 saturated carbocycles. The Kier molecular flexibility index (Phi) is 4.33. The molecule has 0 aliphatic heterocycles. The van der Waals surface area contributed by atoms with Gasteiger partial charge in [-0.1, -0.05) is 0 Å². The Hall–Kier alpha value is -0.870. The van der Waals surface area contributed by atoms with Crippen molar-refractivity contribution in [1.29, 1.82) is 0 Å². The van der Waals surface area contributed by atoms with Gasteiger partial charge in [0.05, 0.1) is 0 Å². The van der Waals surface area contributed by atoms with E-state index in [0.29, 0.717) is 25.3 Å². The smallest absolute Gasteiger partial charge is 0.248 e. The lowest BCUT2D eigenvalue weighted by molar-refractivity contribution is -0.0446. The first kappa shape index (κ1) is 14.2. The molecule has 1 aliphatic carbocycles. The lowest BCUT2D eigenvalue weighted by atomic mass is 9.87. The number of aliphatic imine (C=N–C) groups is 1. The van der Waals surface area contributed by atoms with Gasteiger partial charge in [0.1, 0.15) is 0 Å². The number of halogens is 2. The van der Waals surface area contributed by atoms with E-state index in [9.17, 15) is 8.78 Å². The highest BCUT2D eigenvalue weighted by Crippen LogP contribution is 2.36. The molecule has 0 atom stereocenters. The van der Waals surface area contributed by atoms with E-state index in [1.54, 1.807) is 0 Å². The van der Waals surface area contributed by atoms with Crippen LogP contribution in [0.4, 0.5) is 8.78 Å². The Labute approximate surface area is 102 Å². The molecule has 0 aromatic heterocycles. The highest BCUT2D eigenvalue weighted by Gasteiger charge is 2.34. The van der Waals surface area contributed by atoms with Crippen LogP contribution in [0.5, 0.6) is 0 Å². The predicted molar refractivity (Wildman–Crippen MR) is 66.3 cm³/mol. The van der Waals surface area contributed by atoms with E-state index in [4.69, 9.17) is 5.73 Å². The molecule has 1 aliphatic rings. The molecule has 0 saturated heterocycles. The first-order valence-corrected chi connectivity index (χ1v) is 6.14. The van der Waals surface area contributed by atoms with Crippen LogP contribution in [-0.4, -0.2) is 24.0 Å². The van der Waals surface area contributed by atoms with Crippen molar-refractivity contribution in [2.75, 3.05) is 6.54 Å². The molecule has 0 aromatic carbocycles. The first-order valence-electron chi connectivity index (χ1n) is 6.14. The molecule has 17 heavy (non-hydrogen) atoms. The summed E-state index contributed by atoms with van der Waals surface area (Å²) in [6.07, 6.45) is 1.05. The van der Waals surface area contributed by atoms with Crippen LogP contribution in [-0.2, 0) is 0 Å². The average Bonchev–Trinajstić information content (AvgIpc) is 2.13. The molecule has 3 N–H and O–H groups in total. The van der Waals surface area contributed by atoms with Crippen molar-refractivity contribution in [3.8, 4) is 0 Å². The van der Waals surface area contributed by atoms with Crippen molar-refractivity contribution < 1.29 is 8.78 Å². The summed E-state index contributed by atoms with van der Waals surface area (Å²) in [5.41, 5.74) is 5.60. The minimum absolute atomic E-state index is 0.0141. The van der Waals surface area contributed by atoms with Crippen LogP contribution in [0.3, 0.4) is 0 Å². The molecule has 0 aromatic rings. The maximum absolute atomic E-state index is 12.9. The third kappa shape index (κ3) is 5.84. The molecule has 3 nitrogen and oxygen atoms in total. The van der Waals surface area contributed by atoms with Crippen molar-refractivity contribution in [2.24, 2.45) is 16.6 Å². The van der Waals surface area contributed by atoms with Crippen molar-refractivity contribution in [1.82, 2.24) is 5.32 Å². The average molecular weight is 247 g/mol. The maximum Gasteiger partial charge on any atom is 0.248 e. The van der Waals surface area contributed by atoms with E-state index in [2.05, 4.69) is 10.3 Å². The van der Waals surface area contributed by atoms with E-state index < -0.39 is 5.92 Å². The van der Waals surface area contributed by atoms with E-state index in [1.807, 2.05) is 20.8 Å². The van der Waals surface area contributed by atoms with Gasteiger partial charge in [0.15, 0.2) is 5.96 Å².